The summed E-state index contributed by atoms with van der Waals surface area (Å²) < 4.78 is 0. The zero-order valence-electron chi connectivity index (χ0n) is 16.2. The van der Waals surface area contributed by atoms with Gasteiger partial charge in [-0.2, -0.15) is 0 Å². The van der Waals surface area contributed by atoms with Crippen LogP contribution in [0.1, 0.15) is 56.9 Å². The quantitative estimate of drug-likeness (QED) is 0.463. The fourth-order valence-corrected chi connectivity index (χ4v) is 3.62. The molecule has 1 saturated carbocycles. The highest BCUT2D eigenvalue weighted by Gasteiger charge is 2.23. The molecule has 7 heteroatoms. The van der Waals surface area contributed by atoms with Crippen LogP contribution in [0.4, 0.5) is 0 Å². The molecule has 1 aromatic carbocycles. The van der Waals surface area contributed by atoms with E-state index in [1.165, 1.54) is 25.7 Å². The number of phenolic OH excluding ortho intramolecular Hbond substituents is 1. The summed E-state index contributed by atoms with van der Waals surface area (Å²) in [5.74, 6) is -1.04. The zero-order valence-corrected chi connectivity index (χ0v) is 16.2. The Kier molecular flexibility index (Phi) is 8.78. The Bertz CT molecular complexity index is 653. The molecule has 28 heavy (non-hydrogen) atoms. The van der Waals surface area contributed by atoms with Crippen molar-refractivity contribution in [2.45, 2.75) is 63.8 Å². The highest BCUT2D eigenvalue weighted by atomic mass is 16.4. The Morgan fingerprint density at radius 1 is 1.11 bits per heavy atom. The van der Waals surface area contributed by atoms with Gasteiger partial charge in [0, 0.05) is 13.0 Å². The Morgan fingerprint density at radius 3 is 2.43 bits per heavy atom. The summed E-state index contributed by atoms with van der Waals surface area (Å²) in [7, 11) is 0. The van der Waals surface area contributed by atoms with Crippen LogP contribution >= 0.6 is 0 Å². The molecule has 4 N–H and O–H groups in total. The number of carbonyl (C=O) groups excluding carboxylic acids is 2. The number of carboxylic acids is 1. The highest BCUT2D eigenvalue weighted by molar-refractivity contribution is 5.90. The minimum absolute atomic E-state index is 0.171. The number of carbonyl (C=O) groups is 3. The van der Waals surface area contributed by atoms with Gasteiger partial charge in [-0.1, -0.05) is 37.8 Å². The standard InChI is InChI=1S/C21H30N2O5/c24-17-10-8-16(9-11-17)12-13-22-21(28)18(14-20(26)27)23-19(25)7-3-6-15-4-1-2-5-15/h8-11,15,18,24H,1-7,12-14H2,(H,22,28)(H,23,25)(H,26,27). The van der Waals surface area contributed by atoms with Crippen LogP contribution in [0.25, 0.3) is 0 Å². The van der Waals surface area contributed by atoms with E-state index in [4.69, 9.17) is 5.11 Å². The van der Waals surface area contributed by atoms with Crippen molar-refractivity contribution in [3.05, 3.63) is 29.8 Å². The summed E-state index contributed by atoms with van der Waals surface area (Å²) in [6.07, 6.45) is 7.17. The van der Waals surface area contributed by atoms with E-state index in [-0.39, 0.29) is 11.7 Å². The van der Waals surface area contributed by atoms with Gasteiger partial charge in [-0.15, -0.1) is 0 Å². The number of rotatable bonds is 11. The van der Waals surface area contributed by atoms with Crippen molar-refractivity contribution in [3.63, 3.8) is 0 Å². The summed E-state index contributed by atoms with van der Waals surface area (Å²) in [5, 5.41) is 23.6. The molecule has 1 aliphatic carbocycles. The average Bonchev–Trinajstić information content (AvgIpc) is 3.16. The van der Waals surface area contributed by atoms with Crippen molar-refractivity contribution >= 4 is 17.8 Å². The van der Waals surface area contributed by atoms with E-state index in [1.54, 1.807) is 24.3 Å². The highest BCUT2D eigenvalue weighted by Crippen LogP contribution is 2.28. The van der Waals surface area contributed by atoms with Crippen LogP contribution in [0.2, 0.25) is 0 Å². The largest absolute Gasteiger partial charge is 0.508 e. The van der Waals surface area contributed by atoms with Gasteiger partial charge in [0.15, 0.2) is 0 Å². The first kappa shape index (κ1) is 21.7. The molecule has 1 aromatic rings. The number of carboxylic acid groups (broad SMARTS) is 1. The van der Waals surface area contributed by atoms with Crippen molar-refractivity contribution in [1.82, 2.24) is 10.6 Å². The van der Waals surface area contributed by atoms with Crippen molar-refractivity contribution in [1.29, 1.82) is 0 Å². The van der Waals surface area contributed by atoms with E-state index in [1.807, 2.05) is 0 Å². The first-order valence-electron chi connectivity index (χ1n) is 10.0. The molecule has 0 bridgehead atoms. The summed E-state index contributed by atoms with van der Waals surface area (Å²) in [4.78, 5) is 35.5. The second-order valence-electron chi connectivity index (χ2n) is 7.47. The number of benzene rings is 1. The maximum absolute atomic E-state index is 12.3. The molecule has 1 aliphatic rings. The summed E-state index contributed by atoms with van der Waals surface area (Å²) in [6.45, 7) is 0.317. The molecule has 7 nitrogen and oxygen atoms in total. The molecule has 2 amide bonds. The van der Waals surface area contributed by atoms with Crippen LogP contribution in [-0.4, -0.2) is 40.6 Å². The van der Waals surface area contributed by atoms with Crippen molar-refractivity contribution in [2.24, 2.45) is 5.92 Å². The third kappa shape index (κ3) is 7.98. The second-order valence-corrected chi connectivity index (χ2v) is 7.47. The Balaban J connectivity index is 1.74. The SMILES string of the molecule is O=C(O)CC(NC(=O)CCCC1CCCC1)C(=O)NCCc1ccc(O)cc1. The van der Waals surface area contributed by atoms with E-state index in [9.17, 15) is 19.5 Å². The molecule has 0 saturated heterocycles. The molecular weight excluding hydrogens is 360 g/mol. The maximum Gasteiger partial charge on any atom is 0.305 e. The minimum Gasteiger partial charge on any atom is -0.508 e. The normalized spacial score (nSPS) is 15.1. The molecule has 154 valence electrons. The van der Waals surface area contributed by atoms with Gasteiger partial charge in [-0.05, 0) is 42.9 Å². The first-order valence-corrected chi connectivity index (χ1v) is 10.0. The van der Waals surface area contributed by atoms with Gasteiger partial charge in [0.25, 0.3) is 0 Å². The lowest BCUT2D eigenvalue weighted by atomic mass is 10.0. The molecule has 1 fully saturated rings. The van der Waals surface area contributed by atoms with Crippen LogP contribution < -0.4 is 10.6 Å². The predicted octanol–water partition coefficient (Wildman–Crippen LogP) is 2.37. The van der Waals surface area contributed by atoms with Gasteiger partial charge in [0.05, 0.1) is 6.42 Å². The Hall–Kier alpha value is -2.57. The molecular formula is C21H30N2O5. The smallest absolute Gasteiger partial charge is 0.305 e. The third-order valence-electron chi connectivity index (χ3n) is 5.17. The van der Waals surface area contributed by atoms with Gasteiger partial charge in [0.1, 0.15) is 11.8 Å². The topological polar surface area (TPSA) is 116 Å². The monoisotopic (exact) mass is 390 g/mol. The Morgan fingerprint density at radius 2 is 1.79 bits per heavy atom. The number of hydrogen-bond acceptors (Lipinski definition) is 4. The van der Waals surface area contributed by atoms with Crippen molar-refractivity contribution < 1.29 is 24.6 Å². The number of aromatic hydroxyl groups is 1. The number of hydrogen-bond donors (Lipinski definition) is 4. The van der Waals surface area contributed by atoms with Gasteiger partial charge in [-0.25, -0.2) is 0 Å². The summed E-state index contributed by atoms with van der Waals surface area (Å²) in [5.41, 5.74) is 0.934. The molecule has 0 radical (unpaired) electrons. The fraction of sp³-hybridized carbons (Fsp3) is 0.571. The summed E-state index contributed by atoms with van der Waals surface area (Å²) >= 11 is 0. The number of phenols is 1. The van der Waals surface area contributed by atoms with Gasteiger partial charge >= 0.3 is 5.97 Å². The lowest BCUT2D eigenvalue weighted by Gasteiger charge is -2.17. The minimum atomic E-state index is -1.13. The van der Waals surface area contributed by atoms with Crippen LogP contribution in [0.5, 0.6) is 5.75 Å². The molecule has 1 unspecified atom stereocenters. The van der Waals surface area contributed by atoms with Crippen LogP contribution in [0, 0.1) is 5.92 Å². The van der Waals surface area contributed by atoms with Crippen LogP contribution in [-0.2, 0) is 20.8 Å². The molecule has 0 aliphatic heterocycles. The third-order valence-corrected chi connectivity index (χ3v) is 5.17. The Labute approximate surface area is 165 Å². The molecule has 2 rings (SSSR count). The van der Waals surface area contributed by atoms with Crippen LogP contribution in [0.3, 0.4) is 0 Å². The van der Waals surface area contributed by atoms with E-state index < -0.39 is 24.3 Å². The number of amides is 2. The number of nitrogens with one attached hydrogen (secondary N) is 2. The van der Waals surface area contributed by atoms with Crippen molar-refractivity contribution in [2.75, 3.05) is 6.54 Å². The van der Waals surface area contributed by atoms with Gasteiger partial charge in [-0.3, -0.25) is 14.4 Å². The lowest BCUT2D eigenvalue weighted by Crippen LogP contribution is -2.48. The molecule has 0 heterocycles. The maximum atomic E-state index is 12.3. The number of aliphatic carboxylic acids is 1. The van der Waals surface area contributed by atoms with Crippen LogP contribution in [0.15, 0.2) is 24.3 Å². The van der Waals surface area contributed by atoms with E-state index in [2.05, 4.69) is 10.6 Å². The van der Waals surface area contributed by atoms with E-state index in [0.717, 1.165) is 18.4 Å². The molecule has 0 spiro atoms. The molecule has 0 aromatic heterocycles. The van der Waals surface area contributed by atoms with Crippen molar-refractivity contribution in [3.8, 4) is 5.75 Å². The van der Waals surface area contributed by atoms with E-state index in [0.29, 0.717) is 25.3 Å². The van der Waals surface area contributed by atoms with Gasteiger partial charge < -0.3 is 20.8 Å². The zero-order chi connectivity index (χ0) is 20.4. The fourth-order valence-electron chi connectivity index (χ4n) is 3.62. The molecule has 1 atom stereocenters. The van der Waals surface area contributed by atoms with E-state index >= 15 is 0 Å². The lowest BCUT2D eigenvalue weighted by molar-refractivity contribution is -0.140. The predicted molar refractivity (Wildman–Crippen MR) is 105 cm³/mol. The average molecular weight is 390 g/mol. The first-order chi connectivity index (χ1) is 13.4. The second kappa shape index (κ2) is 11.3. The van der Waals surface area contributed by atoms with Gasteiger partial charge in [0.2, 0.25) is 11.8 Å². The summed E-state index contributed by atoms with van der Waals surface area (Å²) in [6, 6.07) is 5.56.